The number of sulfonamides is 1. The number of methoxy groups -OCH3 is 2. The Morgan fingerprint density at radius 1 is 0.837 bits per heavy atom. The molecule has 0 heterocycles. The van der Waals surface area contributed by atoms with Crippen molar-refractivity contribution in [1.29, 1.82) is 0 Å². The lowest BCUT2D eigenvalue weighted by Crippen LogP contribution is -2.53. The van der Waals surface area contributed by atoms with Crippen LogP contribution in [-0.2, 0) is 32.6 Å². The maximum absolute atomic E-state index is 14.6. The van der Waals surface area contributed by atoms with Crippen LogP contribution in [0.1, 0.15) is 25.0 Å². The van der Waals surface area contributed by atoms with Crippen LogP contribution >= 0.6 is 23.2 Å². The van der Waals surface area contributed by atoms with E-state index in [9.17, 15) is 22.4 Å². The molecule has 0 fully saturated rings. The number of halogens is 3. The normalized spacial score (nSPS) is 11.9. The van der Waals surface area contributed by atoms with E-state index in [0.717, 1.165) is 22.0 Å². The molecule has 4 aromatic rings. The average Bonchev–Trinajstić information content (AvgIpc) is 3.09. The molecular weight excluding hydrogens is 692 g/mol. The molecular formula is C36H38Cl2FN3O6S. The molecule has 0 saturated heterocycles. The molecule has 49 heavy (non-hydrogen) atoms. The number of ether oxygens (including phenoxy) is 2. The van der Waals surface area contributed by atoms with Crippen molar-refractivity contribution in [2.75, 3.05) is 31.6 Å². The molecule has 4 rings (SSSR count). The third kappa shape index (κ3) is 9.65. The number of benzene rings is 4. The van der Waals surface area contributed by atoms with Gasteiger partial charge in [0.25, 0.3) is 10.0 Å². The van der Waals surface area contributed by atoms with E-state index in [0.29, 0.717) is 22.9 Å². The van der Waals surface area contributed by atoms with Crippen LogP contribution in [0.25, 0.3) is 0 Å². The summed E-state index contributed by atoms with van der Waals surface area (Å²) in [5.41, 5.74) is 1.38. The van der Waals surface area contributed by atoms with Gasteiger partial charge in [0, 0.05) is 25.6 Å². The molecule has 0 radical (unpaired) electrons. The number of anilines is 1. The van der Waals surface area contributed by atoms with Crippen molar-refractivity contribution in [3.8, 4) is 11.5 Å². The van der Waals surface area contributed by atoms with Crippen LogP contribution in [0, 0.1) is 11.7 Å². The number of carbonyl (C=O) groups is 2. The summed E-state index contributed by atoms with van der Waals surface area (Å²) < 4.78 is 54.1. The largest absolute Gasteiger partial charge is 0.493 e. The highest BCUT2D eigenvalue weighted by molar-refractivity contribution is 7.92. The second-order valence-corrected chi connectivity index (χ2v) is 14.3. The molecule has 13 heteroatoms. The standard InChI is InChI=1S/C36H38Cl2FN3O6S/c1-24(2)21-40-36(44)32(19-25-8-6-5-7-9-25)41(22-26-10-16-30(37)31(38)18-26)35(43)23-42(28-13-11-27(39)12-14-28)49(45,46)29-15-17-33(47-3)34(20-29)48-4/h5-18,20,24,32H,19,21-23H2,1-4H3,(H,40,44)/t32-/m1/s1. The number of nitrogens with zero attached hydrogens (tertiary/aromatic N) is 2. The quantitative estimate of drug-likeness (QED) is 0.145. The third-order valence-corrected chi connectivity index (χ3v) is 10.1. The summed E-state index contributed by atoms with van der Waals surface area (Å²) in [6, 6.07) is 21.7. The summed E-state index contributed by atoms with van der Waals surface area (Å²) in [5, 5.41) is 3.49. The maximum Gasteiger partial charge on any atom is 0.264 e. The Kier molecular flexibility index (Phi) is 12.9. The first kappa shape index (κ1) is 37.5. The van der Waals surface area contributed by atoms with E-state index >= 15 is 0 Å². The van der Waals surface area contributed by atoms with Crippen LogP contribution in [0.5, 0.6) is 11.5 Å². The van der Waals surface area contributed by atoms with Crippen LogP contribution in [0.3, 0.4) is 0 Å². The SMILES string of the molecule is COc1ccc(S(=O)(=O)N(CC(=O)N(Cc2ccc(Cl)c(Cl)c2)[C@H](Cc2ccccc2)C(=O)NCC(C)C)c2ccc(F)cc2)cc1OC. The Hall–Kier alpha value is -4.32. The lowest BCUT2D eigenvalue weighted by molar-refractivity contribution is -0.140. The Bertz CT molecular complexity index is 1860. The number of nitrogens with one attached hydrogen (secondary N) is 1. The third-order valence-electron chi connectivity index (χ3n) is 7.63. The first-order chi connectivity index (χ1) is 23.3. The number of rotatable bonds is 15. The highest BCUT2D eigenvalue weighted by Crippen LogP contribution is 2.33. The predicted octanol–water partition coefficient (Wildman–Crippen LogP) is 6.76. The van der Waals surface area contributed by atoms with Gasteiger partial charge in [-0.3, -0.25) is 13.9 Å². The van der Waals surface area contributed by atoms with Gasteiger partial charge in [-0.2, -0.15) is 0 Å². The lowest BCUT2D eigenvalue weighted by atomic mass is 10.0. The topological polar surface area (TPSA) is 105 Å². The van der Waals surface area contributed by atoms with Gasteiger partial charge in [0.05, 0.1) is 34.8 Å². The Balaban J connectivity index is 1.83. The summed E-state index contributed by atoms with van der Waals surface area (Å²) in [4.78, 5) is 29.6. The molecule has 4 aromatic carbocycles. The summed E-state index contributed by atoms with van der Waals surface area (Å²) in [6.07, 6.45) is 0.136. The summed E-state index contributed by atoms with van der Waals surface area (Å²) in [5.74, 6) is -1.12. The van der Waals surface area contributed by atoms with Crippen LogP contribution in [0.2, 0.25) is 10.0 Å². The zero-order valence-corrected chi connectivity index (χ0v) is 29.9. The van der Waals surface area contributed by atoms with Crippen molar-refractivity contribution in [3.63, 3.8) is 0 Å². The molecule has 0 aliphatic carbocycles. The Labute approximate surface area is 296 Å². The van der Waals surface area contributed by atoms with Crippen molar-refractivity contribution in [1.82, 2.24) is 10.2 Å². The lowest BCUT2D eigenvalue weighted by Gasteiger charge is -2.34. The highest BCUT2D eigenvalue weighted by Gasteiger charge is 2.35. The minimum atomic E-state index is -4.48. The van der Waals surface area contributed by atoms with Gasteiger partial charge in [0.2, 0.25) is 11.8 Å². The zero-order chi connectivity index (χ0) is 35.7. The molecule has 0 aliphatic heterocycles. The van der Waals surface area contributed by atoms with Crippen LogP contribution in [0.4, 0.5) is 10.1 Å². The average molecular weight is 731 g/mol. The van der Waals surface area contributed by atoms with Gasteiger partial charge in [-0.15, -0.1) is 0 Å². The monoisotopic (exact) mass is 729 g/mol. The first-order valence-corrected chi connectivity index (χ1v) is 17.6. The van der Waals surface area contributed by atoms with E-state index in [1.807, 2.05) is 44.2 Å². The fraction of sp³-hybridized carbons (Fsp3) is 0.278. The van der Waals surface area contributed by atoms with E-state index in [4.69, 9.17) is 32.7 Å². The molecule has 260 valence electrons. The van der Waals surface area contributed by atoms with Gasteiger partial charge >= 0.3 is 0 Å². The molecule has 0 aliphatic rings. The number of hydrogen-bond acceptors (Lipinski definition) is 6. The Morgan fingerprint density at radius 3 is 2.12 bits per heavy atom. The van der Waals surface area contributed by atoms with Gasteiger partial charge in [0.15, 0.2) is 11.5 Å². The van der Waals surface area contributed by atoms with Crippen molar-refractivity contribution in [3.05, 3.63) is 118 Å². The summed E-state index contributed by atoms with van der Waals surface area (Å²) >= 11 is 12.5. The van der Waals surface area contributed by atoms with Crippen molar-refractivity contribution < 1.29 is 31.9 Å². The number of amides is 2. The molecule has 0 unspecified atom stereocenters. The fourth-order valence-electron chi connectivity index (χ4n) is 5.05. The number of hydrogen-bond donors (Lipinski definition) is 1. The molecule has 0 bridgehead atoms. The van der Waals surface area contributed by atoms with Gasteiger partial charge in [-0.1, -0.05) is 73.4 Å². The summed E-state index contributed by atoms with van der Waals surface area (Å²) in [7, 11) is -1.69. The molecule has 0 spiro atoms. The summed E-state index contributed by atoms with van der Waals surface area (Å²) in [6.45, 7) is 3.42. The molecule has 0 saturated carbocycles. The van der Waals surface area contributed by atoms with Gasteiger partial charge in [-0.05, 0) is 65.6 Å². The molecule has 1 N–H and O–H groups in total. The maximum atomic E-state index is 14.6. The van der Waals surface area contributed by atoms with Crippen LogP contribution < -0.4 is 19.1 Å². The van der Waals surface area contributed by atoms with E-state index in [2.05, 4.69) is 5.32 Å². The minimum Gasteiger partial charge on any atom is -0.493 e. The second-order valence-electron chi connectivity index (χ2n) is 11.6. The van der Waals surface area contributed by atoms with Gasteiger partial charge in [0.1, 0.15) is 18.4 Å². The fourth-order valence-corrected chi connectivity index (χ4v) is 6.80. The minimum absolute atomic E-state index is 0.0305. The van der Waals surface area contributed by atoms with E-state index in [1.54, 1.807) is 18.2 Å². The van der Waals surface area contributed by atoms with E-state index in [-0.39, 0.29) is 40.2 Å². The highest BCUT2D eigenvalue weighted by atomic mass is 35.5. The molecule has 0 aromatic heterocycles. The first-order valence-electron chi connectivity index (χ1n) is 15.4. The van der Waals surface area contributed by atoms with E-state index < -0.39 is 40.2 Å². The van der Waals surface area contributed by atoms with Crippen LogP contribution in [0.15, 0.2) is 95.9 Å². The smallest absolute Gasteiger partial charge is 0.264 e. The van der Waals surface area contributed by atoms with Crippen molar-refractivity contribution >= 4 is 50.7 Å². The number of carbonyl (C=O) groups excluding carboxylic acids is 2. The Morgan fingerprint density at radius 2 is 1.51 bits per heavy atom. The predicted molar refractivity (Wildman–Crippen MR) is 189 cm³/mol. The van der Waals surface area contributed by atoms with Gasteiger partial charge < -0.3 is 19.7 Å². The van der Waals surface area contributed by atoms with Crippen molar-refractivity contribution in [2.45, 2.75) is 37.8 Å². The second kappa shape index (κ2) is 16.9. The zero-order valence-electron chi connectivity index (χ0n) is 27.5. The molecule has 9 nitrogen and oxygen atoms in total. The molecule has 1 atom stereocenters. The van der Waals surface area contributed by atoms with Crippen LogP contribution in [-0.4, -0.2) is 58.5 Å². The molecule has 2 amide bonds. The van der Waals surface area contributed by atoms with Crippen molar-refractivity contribution in [2.24, 2.45) is 5.92 Å². The van der Waals surface area contributed by atoms with Gasteiger partial charge in [-0.25, -0.2) is 12.8 Å². The van der Waals surface area contributed by atoms with E-state index in [1.165, 1.54) is 49.5 Å².